The number of alkyl halides is 1. The van der Waals surface area contributed by atoms with Gasteiger partial charge in [-0.05, 0) is 61.7 Å². The predicted octanol–water partition coefficient (Wildman–Crippen LogP) is 4.65. The van der Waals surface area contributed by atoms with Crippen molar-refractivity contribution in [2.75, 3.05) is 6.67 Å². The van der Waals surface area contributed by atoms with Gasteiger partial charge < -0.3 is 9.52 Å². The van der Waals surface area contributed by atoms with E-state index < -0.39 is 28.4 Å². The molecule has 1 heterocycles. The zero-order valence-corrected chi connectivity index (χ0v) is 16.5. The van der Waals surface area contributed by atoms with Gasteiger partial charge in [0, 0.05) is 10.9 Å². The predicted molar refractivity (Wildman–Crippen MR) is 107 cm³/mol. The summed E-state index contributed by atoms with van der Waals surface area (Å²) in [6, 6.07) is 12.4. The highest BCUT2D eigenvalue weighted by molar-refractivity contribution is 7.84. The summed E-state index contributed by atoms with van der Waals surface area (Å²) in [5.41, 5.74) is 3.88. The second-order valence-corrected chi connectivity index (χ2v) is 9.47. The largest absolute Gasteiger partial charge is 0.464 e. The molecule has 0 spiro atoms. The van der Waals surface area contributed by atoms with E-state index in [0.717, 1.165) is 22.1 Å². The standard InChI is InChI=1S/C21H24FNO3S/c1-21(2,3)27(25)23-19(12-22)16-6-4-5-15(11-16)18-10-14(13-24)9-17-7-8-26-20(17)18/h4-11,19,23-24H,12-13H2,1-3H3/t19-,27?/m0/s1. The molecular weight excluding hydrogens is 365 g/mol. The molecule has 2 atom stereocenters. The Morgan fingerprint density at radius 1 is 1.22 bits per heavy atom. The van der Waals surface area contributed by atoms with Crippen molar-refractivity contribution >= 4 is 22.0 Å². The van der Waals surface area contributed by atoms with Crippen LogP contribution in [-0.2, 0) is 17.6 Å². The van der Waals surface area contributed by atoms with Crippen LogP contribution < -0.4 is 4.72 Å². The highest BCUT2D eigenvalue weighted by atomic mass is 32.2. The summed E-state index contributed by atoms with van der Waals surface area (Å²) >= 11 is 0. The van der Waals surface area contributed by atoms with Crippen LogP contribution >= 0.6 is 0 Å². The first-order valence-electron chi connectivity index (χ1n) is 8.79. The van der Waals surface area contributed by atoms with Crippen molar-refractivity contribution in [2.45, 2.75) is 38.2 Å². The number of nitrogens with one attached hydrogen (secondary N) is 1. The minimum Gasteiger partial charge on any atom is -0.464 e. The lowest BCUT2D eigenvalue weighted by Crippen LogP contribution is -2.36. The molecule has 6 heteroatoms. The zero-order chi connectivity index (χ0) is 19.6. The molecule has 144 valence electrons. The number of aliphatic hydroxyl groups is 1. The number of furan rings is 1. The summed E-state index contributed by atoms with van der Waals surface area (Å²) in [5, 5.41) is 10.4. The molecule has 0 radical (unpaired) electrons. The van der Waals surface area contributed by atoms with Crippen molar-refractivity contribution in [1.82, 2.24) is 4.72 Å². The Morgan fingerprint density at radius 2 is 2.00 bits per heavy atom. The highest BCUT2D eigenvalue weighted by Crippen LogP contribution is 2.32. The van der Waals surface area contributed by atoms with Gasteiger partial charge in [0.1, 0.15) is 12.3 Å². The minimum absolute atomic E-state index is 0.0764. The van der Waals surface area contributed by atoms with E-state index in [4.69, 9.17) is 4.42 Å². The quantitative estimate of drug-likeness (QED) is 0.645. The fourth-order valence-corrected chi connectivity index (χ4v) is 3.68. The molecule has 0 saturated heterocycles. The molecule has 0 amide bonds. The molecule has 0 aliphatic carbocycles. The molecule has 27 heavy (non-hydrogen) atoms. The fraction of sp³-hybridized carbons (Fsp3) is 0.333. The van der Waals surface area contributed by atoms with Gasteiger partial charge in [-0.3, -0.25) is 0 Å². The lowest BCUT2D eigenvalue weighted by molar-refractivity contribution is 0.282. The number of halogens is 1. The molecule has 2 N–H and O–H groups in total. The Bertz CT molecular complexity index is 961. The molecule has 1 aromatic heterocycles. The normalized spacial score (nSPS) is 14.4. The molecule has 2 aromatic carbocycles. The molecule has 4 nitrogen and oxygen atoms in total. The average Bonchev–Trinajstić information content (AvgIpc) is 3.12. The van der Waals surface area contributed by atoms with E-state index in [1.165, 1.54) is 0 Å². The third-order valence-corrected chi connectivity index (χ3v) is 5.96. The van der Waals surface area contributed by atoms with Gasteiger partial charge in [0.2, 0.25) is 0 Å². The molecule has 0 bridgehead atoms. The number of aliphatic hydroxyl groups excluding tert-OH is 1. The summed E-state index contributed by atoms with van der Waals surface area (Å²) in [7, 11) is -1.38. The average molecular weight is 389 g/mol. The van der Waals surface area contributed by atoms with E-state index in [0.29, 0.717) is 11.1 Å². The number of rotatable bonds is 6. The van der Waals surface area contributed by atoms with Crippen LogP contribution in [0.1, 0.15) is 37.9 Å². The van der Waals surface area contributed by atoms with Gasteiger partial charge in [0.05, 0.1) is 34.6 Å². The Morgan fingerprint density at radius 3 is 2.67 bits per heavy atom. The number of benzene rings is 2. The summed E-state index contributed by atoms with van der Waals surface area (Å²) in [4.78, 5) is 0. The van der Waals surface area contributed by atoms with Crippen molar-refractivity contribution in [1.29, 1.82) is 0 Å². The van der Waals surface area contributed by atoms with Gasteiger partial charge in [-0.2, -0.15) is 0 Å². The van der Waals surface area contributed by atoms with Crippen LogP contribution in [-0.4, -0.2) is 20.7 Å². The van der Waals surface area contributed by atoms with Crippen molar-refractivity contribution in [2.24, 2.45) is 0 Å². The Hall–Kier alpha value is -2.02. The Labute approximate surface area is 161 Å². The fourth-order valence-electron chi connectivity index (χ4n) is 2.87. The van der Waals surface area contributed by atoms with Crippen molar-refractivity contribution in [3.05, 3.63) is 59.9 Å². The van der Waals surface area contributed by atoms with Crippen LogP contribution in [0, 0.1) is 0 Å². The first kappa shape index (κ1) is 19.7. The zero-order valence-electron chi connectivity index (χ0n) is 15.7. The molecule has 1 unspecified atom stereocenters. The molecule has 0 aliphatic heterocycles. The monoisotopic (exact) mass is 389 g/mol. The van der Waals surface area contributed by atoms with Crippen LogP contribution in [0.25, 0.3) is 22.1 Å². The van der Waals surface area contributed by atoms with E-state index in [1.54, 1.807) is 6.26 Å². The van der Waals surface area contributed by atoms with Crippen LogP contribution in [0.5, 0.6) is 0 Å². The van der Waals surface area contributed by atoms with Crippen molar-refractivity contribution < 1.29 is 18.1 Å². The molecule has 3 rings (SSSR count). The topological polar surface area (TPSA) is 62.5 Å². The maximum absolute atomic E-state index is 13.7. The van der Waals surface area contributed by atoms with Crippen LogP contribution in [0.3, 0.4) is 0 Å². The molecule has 3 aromatic rings. The smallest absolute Gasteiger partial charge is 0.141 e. The molecular formula is C21H24FNO3S. The molecule has 0 fully saturated rings. The molecule has 0 saturated carbocycles. The maximum atomic E-state index is 13.7. The lowest BCUT2D eigenvalue weighted by Gasteiger charge is -2.23. The third-order valence-electron chi connectivity index (χ3n) is 4.35. The summed E-state index contributed by atoms with van der Waals surface area (Å²) in [6.07, 6.45) is 1.61. The van der Waals surface area contributed by atoms with Gasteiger partial charge >= 0.3 is 0 Å². The second kappa shape index (κ2) is 7.92. The Kier molecular flexibility index (Phi) is 5.79. The minimum atomic E-state index is -1.38. The summed E-state index contributed by atoms with van der Waals surface area (Å²) in [6.45, 7) is 4.78. The lowest BCUT2D eigenvalue weighted by atomic mass is 9.97. The second-order valence-electron chi connectivity index (χ2n) is 7.47. The van der Waals surface area contributed by atoms with Gasteiger partial charge in [0.15, 0.2) is 0 Å². The van der Waals surface area contributed by atoms with Gasteiger partial charge in [0.25, 0.3) is 0 Å². The van der Waals surface area contributed by atoms with Crippen LogP contribution in [0.4, 0.5) is 4.39 Å². The van der Waals surface area contributed by atoms with E-state index in [2.05, 4.69) is 4.72 Å². The number of fused-ring (bicyclic) bond motifs is 1. The summed E-state index contributed by atoms with van der Waals surface area (Å²) in [5.74, 6) is 0. The van der Waals surface area contributed by atoms with Crippen LogP contribution in [0.2, 0.25) is 0 Å². The van der Waals surface area contributed by atoms with E-state index in [-0.39, 0.29) is 6.61 Å². The Balaban J connectivity index is 2.01. The van der Waals surface area contributed by atoms with Gasteiger partial charge in [-0.25, -0.2) is 13.3 Å². The summed E-state index contributed by atoms with van der Waals surface area (Å²) < 4.78 is 34.1. The van der Waals surface area contributed by atoms with E-state index >= 15 is 0 Å². The highest BCUT2D eigenvalue weighted by Gasteiger charge is 2.24. The van der Waals surface area contributed by atoms with Crippen molar-refractivity contribution in [3.8, 4) is 11.1 Å². The number of hydrogen-bond donors (Lipinski definition) is 2. The van der Waals surface area contributed by atoms with Crippen molar-refractivity contribution in [3.63, 3.8) is 0 Å². The first-order valence-corrected chi connectivity index (χ1v) is 9.94. The van der Waals surface area contributed by atoms with Gasteiger partial charge in [-0.1, -0.05) is 18.2 Å². The maximum Gasteiger partial charge on any atom is 0.141 e. The SMILES string of the molecule is CC(C)(C)S(=O)N[C@@H](CF)c1cccc(-c2cc(CO)cc3ccoc23)c1. The molecule has 0 aliphatic rings. The first-order chi connectivity index (χ1) is 12.8. The van der Waals surface area contributed by atoms with Crippen LogP contribution in [0.15, 0.2) is 53.1 Å². The third kappa shape index (κ3) is 4.29. The van der Waals surface area contributed by atoms with E-state index in [1.807, 2.05) is 63.2 Å². The van der Waals surface area contributed by atoms with E-state index in [9.17, 15) is 13.7 Å². The van der Waals surface area contributed by atoms with Gasteiger partial charge in [-0.15, -0.1) is 0 Å². The number of hydrogen-bond acceptors (Lipinski definition) is 3.